The van der Waals surface area contributed by atoms with Gasteiger partial charge in [-0.25, -0.2) is 0 Å². The largest absolute Gasteiger partial charge is 0.456 e. The van der Waals surface area contributed by atoms with Gasteiger partial charge in [-0.3, -0.25) is 0 Å². The van der Waals surface area contributed by atoms with Crippen molar-refractivity contribution >= 4 is 126 Å². The molecule has 0 amide bonds. The number of hydrogen-bond donors (Lipinski definition) is 1. The number of fused-ring (bicyclic) bond motifs is 12. The van der Waals surface area contributed by atoms with Crippen LogP contribution in [0.5, 0.6) is 0 Å². The first-order valence-electron chi connectivity index (χ1n) is 22.6. The second-order valence-corrected chi connectivity index (χ2v) is 20.9. The van der Waals surface area contributed by atoms with Crippen LogP contribution in [0.2, 0.25) is 0 Å². The smallest absolute Gasteiger partial charge is 0.197 e. The topological polar surface area (TPSA) is 30.1 Å². The molecule has 3 nitrogen and oxygen atoms in total. The van der Waals surface area contributed by atoms with E-state index in [1.54, 1.807) is 0 Å². The van der Waals surface area contributed by atoms with Crippen LogP contribution in [0.25, 0.3) is 112 Å². The highest BCUT2D eigenvalue weighted by Crippen LogP contribution is 2.48. The maximum atomic E-state index is 6.57. The lowest BCUT2D eigenvalue weighted by Gasteiger charge is -2.24. The first-order valence-corrected chi connectivity index (χ1v) is 24.3. The van der Waals surface area contributed by atoms with Crippen LogP contribution in [0.1, 0.15) is 26.3 Å². The third kappa shape index (κ3) is 5.68. The first kappa shape index (κ1) is 37.9. The Balaban J connectivity index is 1.07. The zero-order chi connectivity index (χ0) is 43.8. The van der Waals surface area contributed by atoms with Crippen molar-refractivity contribution in [2.24, 2.45) is 0 Å². The van der Waals surface area contributed by atoms with Crippen LogP contribution in [0.15, 0.2) is 186 Å². The minimum atomic E-state index is 0.0684. The van der Waals surface area contributed by atoms with E-state index in [2.05, 4.69) is 220 Å². The molecule has 1 radical (unpaired) electrons. The number of furan rings is 1. The van der Waals surface area contributed by atoms with E-state index in [-0.39, 0.29) is 5.41 Å². The number of nitrogens with zero attached hydrogens (tertiary/aromatic N) is 1. The van der Waals surface area contributed by atoms with Crippen molar-refractivity contribution in [2.75, 3.05) is 5.32 Å². The van der Waals surface area contributed by atoms with Crippen molar-refractivity contribution in [3.63, 3.8) is 0 Å². The van der Waals surface area contributed by atoms with Gasteiger partial charge in [-0.1, -0.05) is 148 Å². The van der Waals surface area contributed by atoms with E-state index >= 15 is 0 Å². The Bertz CT molecular complexity index is 4130. The highest BCUT2D eigenvalue weighted by atomic mass is 32.1. The van der Waals surface area contributed by atoms with E-state index in [4.69, 9.17) is 4.42 Å². The van der Waals surface area contributed by atoms with Crippen molar-refractivity contribution in [2.45, 2.75) is 26.2 Å². The van der Waals surface area contributed by atoms with E-state index in [9.17, 15) is 0 Å². The highest BCUT2D eigenvalue weighted by molar-refractivity contribution is 7.26. The van der Waals surface area contributed by atoms with Gasteiger partial charge in [0.25, 0.3) is 0 Å². The maximum Gasteiger partial charge on any atom is 0.197 e. The van der Waals surface area contributed by atoms with Gasteiger partial charge in [0, 0.05) is 90.4 Å². The number of hydrogen-bond acceptors (Lipinski definition) is 4. The Labute approximate surface area is 390 Å². The first-order chi connectivity index (χ1) is 32.3. The van der Waals surface area contributed by atoms with Gasteiger partial charge in [-0.15, -0.1) is 22.7 Å². The molecule has 1 N–H and O–H groups in total. The molecule has 0 atom stereocenters. The van der Waals surface area contributed by atoms with Crippen LogP contribution in [-0.2, 0) is 5.41 Å². The van der Waals surface area contributed by atoms with Gasteiger partial charge in [-0.05, 0) is 93.8 Å². The second kappa shape index (κ2) is 14.1. The Kier molecular flexibility index (Phi) is 8.09. The van der Waals surface area contributed by atoms with E-state index in [0.29, 0.717) is 0 Å². The summed E-state index contributed by atoms with van der Waals surface area (Å²) in [5.41, 5.74) is 17.4. The van der Waals surface area contributed by atoms with Gasteiger partial charge < -0.3 is 14.3 Å². The maximum absolute atomic E-state index is 6.57. The molecule has 13 aromatic rings. The van der Waals surface area contributed by atoms with E-state index in [1.165, 1.54) is 107 Å². The van der Waals surface area contributed by atoms with Crippen molar-refractivity contribution in [3.05, 3.63) is 188 Å². The van der Waals surface area contributed by atoms with Crippen molar-refractivity contribution in [1.29, 1.82) is 0 Å². The monoisotopic (exact) mass is 879 g/mol. The normalized spacial score (nSPS) is 12.6. The van der Waals surface area contributed by atoms with E-state index in [0.717, 1.165) is 33.3 Å². The molecule has 1 aliphatic rings. The van der Waals surface area contributed by atoms with Crippen LogP contribution < -0.4 is 16.2 Å². The summed E-state index contributed by atoms with van der Waals surface area (Å²) < 4.78 is 13.0. The van der Waals surface area contributed by atoms with Crippen LogP contribution in [0.4, 0.5) is 11.4 Å². The third-order valence-electron chi connectivity index (χ3n) is 13.8. The lowest BCUT2D eigenvalue weighted by Crippen LogP contribution is -2.37. The molecule has 4 aromatic heterocycles. The summed E-state index contributed by atoms with van der Waals surface area (Å²) in [7, 11) is 2.47. The van der Waals surface area contributed by atoms with Crippen molar-refractivity contribution < 1.29 is 4.42 Å². The van der Waals surface area contributed by atoms with Crippen molar-refractivity contribution in [1.82, 2.24) is 4.57 Å². The van der Waals surface area contributed by atoms with Gasteiger partial charge in [0.1, 0.15) is 11.2 Å². The quantitative estimate of drug-likeness (QED) is 0.175. The SMILES string of the molecule is CC(C)(C)c1ccc(Nc2cc3sc4ccccc4c3cc2-c2ccc3c4cc5oc6ccccc6c5cc4n4c3c2[B]c2cc3sc(-c5ccccc5)c(-c5ccccc5)c3cc2-4)cc1. The average Bonchev–Trinajstić information content (AvgIpc) is 4.10. The fraction of sp³-hybridized carbons (Fsp3) is 0.0667. The lowest BCUT2D eigenvalue weighted by molar-refractivity contribution is 0.590. The molecule has 0 spiro atoms. The molecular formula is C60H40BN2OS2. The Morgan fingerprint density at radius 3 is 2.05 bits per heavy atom. The van der Waals surface area contributed by atoms with E-state index < -0.39 is 0 Å². The molecule has 66 heavy (non-hydrogen) atoms. The van der Waals surface area contributed by atoms with Gasteiger partial charge in [0.15, 0.2) is 7.28 Å². The Morgan fingerprint density at radius 1 is 0.515 bits per heavy atom. The molecule has 0 saturated carbocycles. The Morgan fingerprint density at radius 2 is 1.24 bits per heavy atom. The second-order valence-electron chi connectivity index (χ2n) is 18.8. The minimum absolute atomic E-state index is 0.0684. The predicted octanol–water partition coefficient (Wildman–Crippen LogP) is 16.3. The Hall–Kier alpha value is -7.38. The summed E-state index contributed by atoms with van der Waals surface area (Å²) in [6, 6.07) is 67.1. The number of nitrogens with one attached hydrogen (secondary N) is 1. The predicted molar refractivity (Wildman–Crippen MR) is 286 cm³/mol. The molecule has 1 aliphatic heterocycles. The fourth-order valence-electron chi connectivity index (χ4n) is 10.6. The highest BCUT2D eigenvalue weighted by Gasteiger charge is 2.30. The average molecular weight is 880 g/mol. The van der Waals surface area contributed by atoms with Gasteiger partial charge in [0.05, 0.1) is 5.52 Å². The molecule has 311 valence electrons. The molecule has 0 fully saturated rings. The van der Waals surface area contributed by atoms with Crippen molar-refractivity contribution in [3.8, 4) is 38.4 Å². The number of benzene rings is 9. The molecule has 14 rings (SSSR count). The molecule has 0 bridgehead atoms. The summed E-state index contributed by atoms with van der Waals surface area (Å²) in [4.78, 5) is 1.29. The molecule has 0 aliphatic carbocycles. The number of rotatable bonds is 5. The van der Waals surface area contributed by atoms with E-state index in [1.807, 2.05) is 22.7 Å². The summed E-state index contributed by atoms with van der Waals surface area (Å²) >= 11 is 3.75. The molecular weight excluding hydrogens is 840 g/mol. The number of para-hydroxylation sites is 1. The molecule has 6 heteroatoms. The van der Waals surface area contributed by atoms with Gasteiger partial charge in [0.2, 0.25) is 0 Å². The molecule has 5 heterocycles. The molecule has 0 unspecified atom stereocenters. The zero-order valence-corrected chi connectivity index (χ0v) is 38.2. The van der Waals surface area contributed by atoms with Crippen LogP contribution in [0.3, 0.4) is 0 Å². The summed E-state index contributed by atoms with van der Waals surface area (Å²) in [5.74, 6) is 0. The minimum Gasteiger partial charge on any atom is -0.456 e. The van der Waals surface area contributed by atoms with Crippen LogP contribution in [0, 0.1) is 0 Å². The van der Waals surface area contributed by atoms with Crippen LogP contribution >= 0.6 is 22.7 Å². The third-order valence-corrected chi connectivity index (χ3v) is 16.1. The van der Waals surface area contributed by atoms with Gasteiger partial charge >= 0.3 is 0 Å². The summed E-state index contributed by atoms with van der Waals surface area (Å²) in [6.45, 7) is 6.81. The number of aromatic nitrogens is 1. The zero-order valence-electron chi connectivity index (χ0n) is 36.6. The summed E-state index contributed by atoms with van der Waals surface area (Å²) in [5, 5.41) is 12.4. The molecule has 0 saturated heterocycles. The summed E-state index contributed by atoms with van der Waals surface area (Å²) in [6.07, 6.45) is 0. The number of anilines is 2. The fourth-order valence-corrected chi connectivity index (χ4v) is 13.0. The standard InChI is InChI=1S/C60H40BN2OS2/c1-60(2,3)36-22-24-37(25-23-36)62-48-33-55-45(39-19-11-13-21-53(39)65-55)28-42(48)40-26-27-41-43-31-52-44(38-18-10-12-20-51(38)64-52)29-49(43)63-50-30-46-54(32-47(50)61-57(40)58(41)63)66-59(35-16-8-5-9-17-35)56(46)34-14-6-4-7-15-34/h4-33,62H,1-3H3. The lowest BCUT2D eigenvalue weighted by atomic mass is 9.59. The van der Waals surface area contributed by atoms with Gasteiger partial charge in [-0.2, -0.15) is 0 Å². The number of thiophene rings is 2. The van der Waals surface area contributed by atoms with Crippen LogP contribution in [-0.4, -0.2) is 11.8 Å². The molecule has 9 aromatic carbocycles.